The standard InChI is InChI=1S/C19H21BrO5S2/c1-26(21,22)17-11-12-18(20)19(13-17)27(23,24)25-16-9-7-15(8-10-16)14-5-3-2-4-6-14/h7-14H,2-6H2,1H3. The largest absolute Gasteiger partial charge is 0.379 e. The zero-order valence-corrected chi connectivity index (χ0v) is 18.1. The molecule has 0 saturated heterocycles. The van der Waals surface area contributed by atoms with Crippen LogP contribution in [0.15, 0.2) is 56.7 Å². The van der Waals surface area contributed by atoms with Crippen LogP contribution in [0.3, 0.4) is 0 Å². The predicted octanol–water partition coefficient (Wildman–Crippen LogP) is 4.67. The van der Waals surface area contributed by atoms with Crippen LogP contribution >= 0.6 is 15.9 Å². The van der Waals surface area contributed by atoms with Gasteiger partial charge < -0.3 is 4.18 Å². The molecule has 8 heteroatoms. The zero-order valence-electron chi connectivity index (χ0n) is 14.9. The van der Waals surface area contributed by atoms with E-state index in [0.717, 1.165) is 25.2 Å². The Morgan fingerprint density at radius 2 is 1.56 bits per heavy atom. The van der Waals surface area contributed by atoms with E-state index in [1.165, 1.54) is 37.0 Å². The number of hydrogen-bond acceptors (Lipinski definition) is 5. The Hall–Kier alpha value is -1.38. The first-order valence-corrected chi connectivity index (χ1v) is 12.8. The highest BCUT2D eigenvalue weighted by Crippen LogP contribution is 2.34. The lowest BCUT2D eigenvalue weighted by atomic mass is 9.84. The summed E-state index contributed by atoms with van der Waals surface area (Å²) in [5, 5.41) is 0. The number of rotatable bonds is 5. The summed E-state index contributed by atoms with van der Waals surface area (Å²) in [6.45, 7) is 0. The Labute approximate surface area is 168 Å². The van der Waals surface area contributed by atoms with Crippen LogP contribution in [0.25, 0.3) is 0 Å². The van der Waals surface area contributed by atoms with Crippen LogP contribution in [0, 0.1) is 0 Å². The molecular formula is C19H21BrO5S2. The van der Waals surface area contributed by atoms with Crippen LogP contribution in [0.2, 0.25) is 0 Å². The van der Waals surface area contributed by atoms with Gasteiger partial charge in [0.1, 0.15) is 10.6 Å². The van der Waals surface area contributed by atoms with Crippen molar-refractivity contribution in [2.45, 2.75) is 47.8 Å². The molecule has 2 aromatic rings. The van der Waals surface area contributed by atoms with Gasteiger partial charge >= 0.3 is 10.1 Å². The maximum Gasteiger partial charge on any atom is 0.340 e. The molecule has 0 N–H and O–H groups in total. The molecular weight excluding hydrogens is 452 g/mol. The van der Waals surface area contributed by atoms with Gasteiger partial charge in [-0.1, -0.05) is 31.4 Å². The van der Waals surface area contributed by atoms with E-state index < -0.39 is 20.0 Å². The van der Waals surface area contributed by atoms with Crippen molar-refractivity contribution >= 4 is 35.9 Å². The Morgan fingerprint density at radius 1 is 0.926 bits per heavy atom. The van der Waals surface area contributed by atoms with Gasteiger partial charge in [-0.2, -0.15) is 8.42 Å². The molecule has 0 aromatic heterocycles. The van der Waals surface area contributed by atoms with E-state index in [4.69, 9.17) is 4.18 Å². The second-order valence-electron chi connectivity index (χ2n) is 6.81. The molecule has 1 aliphatic rings. The van der Waals surface area contributed by atoms with Gasteiger partial charge in [0.15, 0.2) is 9.84 Å². The molecule has 0 atom stereocenters. The normalized spacial score (nSPS) is 16.2. The molecule has 0 aliphatic heterocycles. The number of halogens is 1. The highest BCUT2D eigenvalue weighted by molar-refractivity contribution is 9.10. The summed E-state index contributed by atoms with van der Waals surface area (Å²) in [5.41, 5.74) is 1.19. The number of benzene rings is 2. The Kier molecular flexibility index (Phi) is 5.98. The topological polar surface area (TPSA) is 77.5 Å². The lowest BCUT2D eigenvalue weighted by Crippen LogP contribution is -2.12. The van der Waals surface area contributed by atoms with E-state index in [9.17, 15) is 16.8 Å². The molecule has 0 heterocycles. The summed E-state index contributed by atoms with van der Waals surface area (Å²) in [6, 6.07) is 10.9. The summed E-state index contributed by atoms with van der Waals surface area (Å²) >= 11 is 3.16. The van der Waals surface area contributed by atoms with E-state index in [1.807, 2.05) is 12.1 Å². The van der Waals surface area contributed by atoms with Crippen LogP contribution < -0.4 is 4.18 Å². The Bertz CT molecular complexity index is 1020. The number of hydrogen-bond donors (Lipinski definition) is 0. The van der Waals surface area contributed by atoms with Crippen molar-refractivity contribution in [1.82, 2.24) is 0 Å². The van der Waals surface area contributed by atoms with Gasteiger partial charge in [0.05, 0.1) is 4.90 Å². The first-order valence-electron chi connectivity index (χ1n) is 8.71. The quantitative estimate of drug-likeness (QED) is 0.590. The van der Waals surface area contributed by atoms with Gasteiger partial charge in [-0.3, -0.25) is 0 Å². The molecule has 3 rings (SSSR count). The highest BCUT2D eigenvalue weighted by atomic mass is 79.9. The molecule has 0 radical (unpaired) electrons. The second kappa shape index (κ2) is 7.93. The molecule has 0 bridgehead atoms. The van der Waals surface area contributed by atoms with E-state index >= 15 is 0 Å². The fraction of sp³-hybridized carbons (Fsp3) is 0.368. The minimum Gasteiger partial charge on any atom is -0.379 e. The molecule has 1 saturated carbocycles. The van der Waals surface area contributed by atoms with Crippen LogP contribution in [0.1, 0.15) is 43.6 Å². The van der Waals surface area contributed by atoms with Gasteiger partial charge in [-0.25, -0.2) is 8.42 Å². The van der Waals surface area contributed by atoms with Crippen LogP contribution in [-0.2, 0) is 20.0 Å². The van der Waals surface area contributed by atoms with Crippen molar-refractivity contribution in [3.05, 3.63) is 52.5 Å². The average molecular weight is 473 g/mol. The third-order valence-corrected chi connectivity index (χ3v) is 8.12. The molecule has 1 aliphatic carbocycles. The zero-order chi connectivity index (χ0) is 19.7. The first-order chi connectivity index (χ1) is 12.7. The van der Waals surface area contributed by atoms with Gasteiger partial charge in [0.25, 0.3) is 0 Å². The van der Waals surface area contributed by atoms with E-state index in [-0.39, 0.29) is 20.0 Å². The molecule has 146 valence electrons. The summed E-state index contributed by atoms with van der Waals surface area (Å²) in [4.78, 5) is -0.303. The van der Waals surface area contributed by atoms with Gasteiger partial charge in [0, 0.05) is 10.7 Å². The van der Waals surface area contributed by atoms with E-state index in [0.29, 0.717) is 5.92 Å². The maximum atomic E-state index is 12.6. The monoisotopic (exact) mass is 472 g/mol. The van der Waals surface area contributed by atoms with Crippen molar-refractivity contribution in [2.24, 2.45) is 0 Å². The average Bonchev–Trinajstić information content (AvgIpc) is 2.62. The highest BCUT2D eigenvalue weighted by Gasteiger charge is 2.23. The maximum absolute atomic E-state index is 12.6. The third-order valence-electron chi connectivity index (χ3n) is 4.76. The summed E-state index contributed by atoms with van der Waals surface area (Å²) in [6.07, 6.45) is 7.06. The predicted molar refractivity (Wildman–Crippen MR) is 107 cm³/mol. The Morgan fingerprint density at radius 3 is 2.15 bits per heavy atom. The SMILES string of the molecule is CS(=O)(=O)c1ccc(Br)c(S(=O)(=O)Oc2ccc(C3CCCCC3)cc2)c1. The van der Waals surface area contributed by atoms with Crippen LogP contribution in [0.5, 0.6) is 5.75 Å². The van der Waals surface area contributed by atoms with E-state index in [1.54, 1.807) is 12.1 Å². The van der Waals surface area contributed by atoms with E-state index in [2.05, 4.69) is 15.9 Å². The molecule has 5 nitrogen and oxygen atoms in total. The second-order valence-corrected chi connectivity index (χ2v) is 11.2. The fourth-order valence-electron chi connectivity index (χ4n) is 3.31. The number of sulfone groups is 1. The molecule has 0 unspecified atom stereocenters. The van der Waals surface area contributed by atoms with Crippen molar-refractivity contribution in [3.8, 4) is 5.75 Å². The molecule has 1 fully saturated rings. The molecule has 0 spiro atoms. The minimum absolute atomic E-state index is 0.0829. The first kappa shape index (κ1) is 20.4. The Balaban J connectivity index is 1.84. The lowest BCUT2D eigenvalue weighted by Gasteiger charge is -2.22. The van der Waals surface area contributed by atoms with Crippen molar-refractivity contribution in [3.63, 3.8) is 0 Å². The smallest absolute Gasteiger partial charge is 0.340 e. The fourth-order valence-corrected chi connectivity index (χ4v) is 5.90. The molecule has 2 aromatic carbocycles. The van der Waals surface area contributed by atoms with Crippen LogP contribution in [-0.4, -0.2) is 23.1 Å². The minimum atomic E-state index is -4.18. The van der Waals surface area contributed by atoms with Crippen LogP contribution in [0.4, 0.5) is 0 Å². The van der Waals surface area contributed by atoms with Crippen molar-refractivity contribution < 1.29 is 21.0 Å². The van der Waals surface area contributed by atoms with Gasteiger partial charge in [-0.05, 0) is 70.6 Å². The summed E-state index contributed by atoms with van der Waals surface area (Å²) in [5.74, 6) is 0.719. The van der Waals surface area contributed by atoms with Crippen molar-refractivity contribution in [2.75, 3.05) is 6.26 Å². The summed E-state index contributed by atoms with van der Waals surface area (Å²) < 4.78 is 54.2. The van der Waals surface area contributed by atoms with Gasteiger partial charge in [-0.15, -0.1) is 0 Å². The summed E-state index contributed by atoms with van der Waals surface area (Å²) in [7, 11) is -7.71. The lowest BCUT2D eigenvalue weighted by molar-refractivity contribution is 0.443. The van der Waals surface area contributed by atoms with Gasteiger partial charge in [0.2, 0.25) is 0 Å². The molecule has 0 amide bonds. The molecule has 27 heavy (non-hydrogen) atoms. The van der Waals surface area contributed by atoms with Crippen molar-refractivity contribution in [1.29, 1.82) is 0 Å². The third kappa shape index (κ3) is 4.92.